The molecule has 206 valence electrons. The molecule has 1 amide bonds. The predicted octanol–water partition coefficient (Wildman–Crippen LogP) is 7.40. The number of halogens is 5. The van der Waals surface area contributed by atoms with Crippen molar-refractivity contribution in [3.63, 3.8) is 0 Å². The van der Waals surface area contributed by atoms with Crippen LogP contribution in [0.1, 0.15) is 39.0 Å². The Bertz CT molecular complexity index is 1260. The Kier molecular flexibility index (Phi) is 8.52. The highest BCUT2D eigenvalue weighted by molar-refractivity contribution is 6.42. The van der Waals surface area contributed by atoms with E-state index in [9.17, 15) is 18.0 Å². The van der Waals surface area contributed by atoms with Crippen LogP contribution < -0.4 is 15.8 Å². The zero-order chi connectivity index (χ0) is 27.5. The lowest BCUT2D eigenvalue weighted by Gasteiger charge is -2.38. The summed E-state index contributed by atoms with van der Waals surface area (Å²) in [5.41, 5.74) is 6.48. The van der Waals surface area contributed by atoms with Gasteiger partial charge in [0, 0.05) is 18.2 Å². The molecule has 1 fully saturated rings. The highest BCUT2D eigenvalue weighted by Gasteiger charge is 2.40. The number of hydrogen-bond acceptors (Lipinski definition) is 5. The fourth-order valence-corrected chi connectivity index (χ4v) is 5.46. The smallest absolute Gasteiger partial charge is 0.441 e. The molecule has 12 heteroatoms. The number of nitrogens with two attached hydrogens (primary N) is 1. The van der Waals surface area contributed by atoms with Gasteiger partial charge in [-0.3, -0.25) is 0 Å². The lowest BCUT2D eigenvalue weighted by atomic mass is 9.80. The molecule has 0 spiro atoms. The molecule has 1 saturated carbocycles. The van der Waals surface area contributed by atoms with Crippen molar-refractivity contribution in [2.45, 2.75) is 57.5 Å². The number of ether oxygens (including phenoxy) is 2. The number of fused-ring (bicyclic) bond motifs is 1. The number of rotatable bonds is 10. The highest BCUT2D eigenvalue weighted by Crippen LogP contribution is 2.38. The van der Waals surface area contributed by atoms with Crippen molar-refractivity contribution in [1.29, 1.82) is 0 Å². The molecule has 3 aromatic rings. The van der Waals surface area contributed by atoms with Gasteiger partial charge in [-0.15, -0.1) is 13.2 Å². The van der Waals surface area contributed by atoms with Crippen molar-refractivity contribution in [1.82, 2.24) is 9.55 Å². The third-order valence-electron chi connectivity index (χ3n) is 7.10. The lowest BCUT2D eigenvalue weighted by molar-refractivity contribution is -0.274. The molecule has 1 aliphatic rings. The number of carbonyl (C=O) groups excluding carboxylic acids is 1. The van der Waals surface area contributed by atoms with Crippen molar-refractivity contribution >= 4 is 46.0 Å². The Morgan fingerprint density at radius 3 is 2.47 bits per heavy atom. The highest BCUT2D eigenvalue weighted by atomic mass is 35.5. The lowest BCUT2D eigenvalue weighted by Crippen LogP contribution is -2.48. The van der Waals surface area contributed by atoms with Gasteiger partial charge in [0.05, 0.1) is 34.0 Å². The molecule has 0 bridgehead atoms. The number of primary amides is 1. The number of hydrogen-bond donors (Lipinski definition) is 2. The quantitative estimate of drug-likeness (QED) is 0.264. The number of nitrogens with one attached hydrogen (secondary N) is 1. The number of aromatic nitrogens is 2. The number of carbonyl (C=O) groups is 1. The molecule has 0 radical (unpaired) electrons. The molecular weight excluding hydrogens is 544 g/mol. The van der Waals surface area contributed by atoms with Crippen LogP contribution in [0.4, 0.5) is 23.7 Å². The zero-order valence-corrected chi connectivity index (χ0v) is 22.2. The van der Waals surface area contributed by atoms with E-state index in [2.05, 4.69) is 15.0 Å². The van der Waals surface area contributed by atoms with E-state index in [0.29, 0.717) is 33.7 Å². The number of amides is 1. The minimum Gasteiger partial charge on any atom is -0.441 e. The van der Waals surface area contributed by atoms with Crippen LogP contribution in [0.3, 0.4) is 0 Å². The third kappa shape index (κ3) is 7.17. The van der Waals surface area contributed by atoms with Gasteiger partial charge in [0.15, 0.2) is 0 Å². The molecule has 1 aliphatic carbocycles. The van der Waals surface area contributed by atoms with Crippen molar-refractivity contribution in [2.75, 3.05) is 11.9 Å². The molecule has 7 nitrogen and oxygen atoms in total. The summed E-state index contributed by atoms with van der Waals surface area (Å²) in [6, 6.07) is 8.82. The summed E-state index contributed by atoms with van der Waals surface area (Å²) in [4.78, 5) is 16.5. The molecule has 0 unspecified atom stereocenters. The molecule has 4 rings (SSSR count). The van der Waals surface area contributed by atoms with E-state index in [1.54, 1.807) is 18.5 Å². The first-order chi connectivity index (χ1) is 17.9. The van der Waals surface area contributed by atoms with E-state index in [1.165, 1.54) is 24.3 Å². The summed E-state index contributed by atoms with van der Waals surface area (Å²) in [5, 5.41) is 4.00. The molecule has 1 heterocycles. The van der Waals surface area contributed by atoms with Crippen LogP contribution in [0.5, 0.6) is 5.75 Å². The predicted molar refractivity (Wildman–Crippen MR) is 141 cm³/mol. The molecular formula is C26H29Cl2F3N4O3. The van der Waals surface area contributed by atoms with Gasteiger partial charge in [0.1, 0.15) is 11.4 Å². The average Bonchev–Trinajstić information content (AvgIpc) is 3.47. The first-order valence-corrected chi connectivity index (χ1v) is 13.1. The first kappa shape index (κ1) is 28.2. The molecule has 2 aromatic carbocycles. The summed E-state index contributed by atoms with van der Waals surface area (Å²) >= 11 is 12.4. The Morgan fingerprint density at radius 1 is 1.18 bits per heavy atom. The maximum Gasteiger partial charge on any atom is 0.573 e. The van der Waals surface area contributed by atoms with Crippen LogP contribution in [-0.2, 0) is 11.3 Å². The average molecular weight is 573 g/mol. The van der Waals surface area contributed by atoms with Crippen molar-refractivity contribution in [2.24, 2.45) is 17.6 Å². The van der Waals surface area contributed by atoms with Gasteiger partial charge >= 0.3 is 12.5 Å². The van der Waals surface area contributed by atoms with Gasteiger partial charge in [0.25, 0.3) is 0 Å². The second-order valence-corrected chi connectivity index (χ2v) is 10.7. The number of benzene rings is 2. The minimum atomic E-state index is -4.77. The van der Waals surface area contributed by atoms with Gasteiger partial charge in [0.2, 0.25) is 0 Å². The first-order valence-electron chi connectivity index (χ1n) is 12.3. The van der Waals surface area contributed by atoms with Crippen molar-refractivity contribution < 1.29 is 27.4 Å². The second kappa shape index (κ2) is 11.5. The number of imidazole rings is 1. The van der Waals surface area contributed by atoms with E-state index in [-0.39, 0.29) is 18.2 Å². The monoisotopic (exact) mass is 572 g/mol. The molecule has 0 saturated heterocycles. The molecule has 3 N–H and O–H groups in total. The van der Waals surface area contributed by atoms with Gasteiger partial charge in [-0.1, -0.05) is 48.9 Å². The Balaban J connectivity index is 1.59. The minimum absolute atomic E-state index is 0.173. The summed E-state index contributed by atoms with van der Waals surface area (Å²) < 4.78 is 49.1. The summed E-state index contributed by atoms with van der Waals surface area (Å²) in [5.74, 6) is -0.0447. The number of alkyl halides is 3. The molecule has 38 heavy (non-hydrogen) atoms. The summed E-state index contributed by atoms with van der Waals surface area (Å²) in [6.07, 6.45) is 1.27. The SMILES string of the molecule is C[C@](CNc1ccc(OC(F)(F)F)cc1)(OC(N)=O)[C@@H](CC1CCCC1)Cn1cnc2cc(Cl)c(Cl)cc21. The van der Waals surface area contributed by atoms with E-state index in [4.69, 9.17) is 33.7 Å². The normalized spacial score (nSPS) is 16.8. The van der Waals surface area contributed by atoms with Gasteiger partial charge in [-0.25, -0.2) is 9.78 Å². The molecule has 2 atom stereocenters. The standard InChI is InChI=1S/C26H29Cl2F3N4O3/c1-25(38-24(32)36,14-33-18-6-8-19(9-7-18)37-26(29,30)31)17(10-16-4-2-3-5-16)13-35-15-34-22-11-20(27)21(28)12-23(22)35/h6-9,11-12,15-17,33H,2-5,10,13-14H2,1H3,(H2,32,36)/t17-,25+/m0/s1. The van der Waals surface area contributed by atoms with Crippen LogP contribution in [0.2, 0.25) is 10.0 Å². The number of nitrogens with zero attached hydrogens (tertiary/aromatic N) is 2. The third-order valence-corrected chi connectivity index (χ3v) is 7.82. The summed E-state index contributed by atoms with van der Waals surface area (Å²) in [7, 11) is 0. The van der Waals surface area contributed by atoms with E-state index in [0.717, 1.165) is 37.6 Å². The summed E-state index contributed by atoms with van der Waals surface area (Å²) in [6.45, 7) is 2.45. The second-order valence-electron chi connectivity index (χ2n) is 9.89. The maximum atomic E-state index is 12.5. The van der Waals surface area contributed by atoms with Gasteiger partial charge in [-0.05, 0) is 55.7 Å². The van der Waals surface area contributed by atoms with E-state index >= 15 is 0 Å². The van der Waals surface area contributed by atoms with E-state index < -0.39 is 18.1 Å². The Morgan fingerprint density at radius 2 is 1.84 bits per heavy atom. The van der Waals surface area contributed by atoms with Crippen molar-refractivity contribution in [3.05, 3.63) is 52.8 Å². The topological polar surface area (TPSA) is 91.4 Å². The zero-order valence-electron chi connectivity index (χ0n) is 20.7. The fourth-order valence-electron chi connectivity index (χ4n) is 5.15. The van der Waals surface area contributed by atoms with Crippen LogP contribution in [0.25, 0.3) is 11.0 Å². The van der Waals surface area contributed by atoms with Crippen LogP contribution in [-0.4, -0.2) is 34.2 Å². The molecule has 1 aromatic heterocycles. The largest absolute Gasteiger partial charge is 0.573 e. The Hall–Kier alpha value is -2.85. The fraction of sp³-hybridized carbons (Fsp3) is 0.462. The number of anilines is 1. The van der Waals surface area contributed by atoms with E-state index in [1.807, 2.05) is 11.5 Å². The van der Waals surface area contributed by atoms with Crippen LogP contribution in [0.15, 0.2) is 42.7 Å². The van der Waals surface area contributed by atoms with Crippen LogP contribution in [0, 0.1) is 11.8 Å². The van der Waals surface area contributed by atoms with Crippen LogP contribution >= 0.6 is 23.2 Å². The molecule has 0 aliphatic heterocycles. The van der Waals surface area contributed by atoms with Gasteiger partial charge < -0.3 is 25.1 Å². The van der Waals surface area contributed by atoms with Crippen molar-refractivity contribution in [3.8, 4) is 5.75 Å². The maximum absolute atomic E-state index is 12.5. The van der Waals surface area contributed by atoms with Gasteiger partial charge in [-0.2, -0.15) is 0 Å². The Labute approximate surface area is 228 Å².